The van der Waals surface area contributed by atoms with Gasteiger partial charge in [-0.3, -0.25) is 14.9 Å². The molecule has 2 heterocycles. The zero-order valence-electron chi connectivity index (χ0n) is 11.2. The number of carbonyl (C=O) groups is 1. The number of carbonyl (C=O) groups excluding carboxylic acids is 1. The van der Waals surface area contributed by atoms with Gasteiger partial charge in [0.15, 0.2) is 0 Å². The Balaban J connectivity index is 2.11. The lowest BCUT2D eigenvalue weighted by molar-refractivity contribution is 0.0364. The van der Waals surface area contributed by atoms with E-state index in [9.17, 15) is 4.79 Å². The third-order valence-corrected chi connectivity index (χ3v) is 3.61. The summed E-state index contributed by atoms with van der Waals surface area (Å²) < 4.78 is 1.50. The zero-order chi connectivity index (χ0) is 13.3. The molecule has 0 saturated carbocycles. The van der Waals surface area contributed by atoms with Gasteiger partial charge >= 0.3 is 0 Å². The molecule has 2 unspecified atom stereocenters. The van der Waals surface area contributed by atoms with Crippen molar-refractivity contribution in [2.45, 2.75) is 45.2 Å². The highest BCUT2D eigenvalue weighted by atomic mass is 16.2. The van der Waals surface area contributed by atoms with E-state index in [1.807, 2.05) is 5.01 Å². The number of aromatic nitrogens is 2. The third-order valence-electron chi connectivity index (χ3n) is 3.61. The Morgan fingerprint density at radius 1 is 1.44 bits per heavy atom. The molecule has 3 N–H and O–H groups in total. The van der Waals surface area contributed by atoms with Gasteiger partial charge in [-0.2, -0.15) is 5.10 Å². The monoisotopic (exact) mass is 251 g/mol. The second-order valence-corrected chi connectivity index (χ2v) is 5.05. The van der Waals surface area contributed by atoms with E-state index in [-0.39, 0.29) is 5.91 Å². The minimum absolute atomic E-state index is 0.187. The number of aryl methyl sites for hydroxylation is 1. The minimum Gasteiger partial charge on any atom is -0.396 e. The molecule has 1 aromatic heterocycles. The maximum absolute atomic E-state index is 12.2. The number of piperidine rings is 1. The van der Waals surface area contributed by atoms with Crippen molar-refractivity contribution in [1.29, 1.82) is 0 Å². The van der Waals surface area contributed by atoms with Crippen LogP contribution in [-0.4, -0.2) is 32.8 Å². The van der Waals surface area contributed by atoms with Crippen molar-refractivity contribution < 1.29 is 4.79 Å². The number of anilines is 1. The Labute approximate surface area is 107 Å². The van der Waals surface area contributed by atoms with Gasteiger partial charge in [-0.15, -0.1) is 0 Å². The van der Waals surface area contributed by atoms with Crippen molar-refractivity contribution in [2.24, 2.45) is 7.05 Å². The Kier molecular flexibility index (Phi) is 3.56. The molecular formula is C12H21N5O. The van der Waals surface area contributed by atoms with Crippen LogP contribution in [0.2, 0.25) is 0 Å². The molecule has 2 atom stereocenters. The van der Waals surface area contributed by atoms with E-state index in [2.05, 4.69) is 24.4 Å². The first-order valence-electron chi connectivity index (χ1n) is 6.37. The fraction of sp³-hybridized carbons (Fsp3) is 0.667. The van der Waals surface area contributed by atoms with Crippen LogP contribution in [0.3, 0.4) is 0 Å². The Bertz CT molecular complexity index is 412. The molecule has 1 amide bonds. The standard InChI is InChI=1S/C12H21N5O/c1-8-5-4-6-9(2)17(8)15-12(18)11-10(13)7-14-16(11)3/h7-9H,4-6,13H2,1-3H3,(H,15,18). The normalized spacial score (nSPS) is 25.1. The Hall–Kier alpha value is -1.56. The molecule has 6 heteroatoms. The number of amides is 1. The highest BCUT2D eigenvalue weighted by Gasteiger charge is 2.27. The first-order chi connectivity index (χ1) is 8.50. The lowest BCUT2D eigenvalue weighted by atomic mass is 10.00. The molecule has 6 nitrogen and oxygen atoms in total. The fourth-order valence-electron chi connectivity index (χ4n) is 2.54. The molecule has 1 aromatic rings. The Morgan fingerprint density at radius 2 is 2.06 bits per heavy atom. The van der Waals surface area contributed by atoms with Gasteiger partial charge in [0.25, 0.3) is 5.91 Å². The summed E-state index contributed by atoms with van der Waals surface area (Å²) in [6.45, 7) is 4.26. The molecule has 2 rings (SSSR count). The molecule has 100 valence electrons. The van der Waals surface area contributed by atoms with Crippen molar-refractivity contribution in [3.8, 4) is 0 Å². The van der Waals surface area contributed by atoms with Crippen molar-refractivity contribution in [2.75, 3.05) is 5.73 Å². The van der Waals surface area contributed by atoms with Crippen LogP contribution < -0.4 is 11.2 Å². The van der Waals surface area contributed by atoms with E-state index >= 15 is 0 Å². The van der Waals surface area contributed by atoms with Crippen LogP contribution in [0.15, 0.2) is 6.20 Å². The predicted octanol–water partition coefficient (Wildman–Crippen LogP) is 0.910. The number of nitrogens with zero attached hydrogens (tertiary/aromatic N) is 3. The summed E-state index contributed by atoms with van der Waals surface area (Å²) in [6.07, 6.45) is 4.91. The van der Waals surface area contributed by atoms with Crippen molar-refractivity contribution >= 4 is 11.6 Å². The largest absolute Gasteiger partial charge is 0.396 e. The quantitative estimate of drug-likeness (QED) is 0.819. The molecule has 1 saturated heterocycles. The lowest BCUT2D eigenvalue weighted by Crippen LogP contribution is -2.54. The SMILES string of the molecule is CC1CCCC(C)N1NC(=O)c1c(N)cnn1C. The third kappa shape index (κ3) is 2.33. The van der Waals surface area contributed by atoms with E-state index in [0.717, 1.165) is 12.8 Å². The van der Waals surface area contributed by atoms with Gasteiger partial charge in [-0.1, -0.05) is 6.42 Å². The number of rotatable bonds is 2. The molecule has 1 aliphatic rings. The van der Waals surface area contributed by atoms with Gasteiger partial charge in [0, 0.05) is 19.1 Å². The van der Waals surface area contributed by atoms with E-state index in [1.165, 1.54) is 17.3 Å². The van der Waals surface area contributed by atoms with E-state index in [4.69, 9.17) is 5.73 Å². The number of hydrogen-bond donors (Lipinski definition) is 2. The van der Waals surface area contributed by atoms with Crippen molar-refractivity contribution in [1.82, 2.24) is 20.2 Å². The summed E-state index contributed by atoms with van der Waals surface area (Å²) in [7, 11) is 1.72. The summed E-state index contributed by atoms with van der Waals surface area (Å²) in [5.41, 5.74) is 9.54. The van der Waals surface area contributed by atoms with Crippen LogP contribution in [0.1, 0.15) is 43.6 Å². The molecular weight excluding hydrogens is 230 g/mol. The van der Waals surface area contributed by atoms with E-state index in [1.54, 1.807) is 7.05 Å². The molecule has 1 fully saturated rings. The molecule has 18 heavy (non-hydrogen) atoms. The van der Waals surface area contributed by atoms with E-state index in [0.29, 0.717) is 23.5 Å². The van der Waals surface area contributed by atoms with Crippen LogP contribution in [0, 0.1) is 0 Å². The summed E-state index contributed by atoms with van der Waals surface area (Å²) in [5.74, 6) is -0.187. The second-order valence-electron chi connectivity index (χ2n) is 5.05. The smallest absolute Gasteiger partial charge is 0.285 e. The summed E-state index contributed by atoms with van der Waals surface area (Å²) in [4.78, 5) is 12.2. The highest BCUT2D eigenvalue weighted by molar-refractivity contribution is 5.97. The molecule has 0 spiro atoms. The van der Waals surface area contributed by atoms with Gasteiger partial charge < -0.3 is 5.73 Å². The molecule has 0 bridgehead atoms. The maximum Gasteiger partial charge on any atom is 0.285 e. The van der Waals surface area contributed by atoms with Gasteiger partial charge in [-0.05, 0) is 26.7 Å². The fourth-order valence-corrected chi connectivity index (χ4v) is 2.54. The number of nitrogens with one attached hydrogen (secondary N) is 1. The predicted molar refractivity (Wildman–Crippen MR) is 69.7 cm³/mol. The number of nitrogen functional groups attached to an aromatic ring is 1. The van der Waals surface area contributed by atoms with Gasteiger partial charge in [-0.25, -0.2) is 5.01 Å². The highest BCUT2D eigenvalue weighted by Crippen LogP contribution is 2.21. The van der Waals surface area contributed by atoms with Crippen LogP contribution in [0.5, 0.6) is 0 Å². The number of hydrogen-bond acceptors (Lipinski definition) is 4. The van der Waals surface area contributed by atoms with E-state index < -0.39 is 0 Å². The first kappa shape index (κ1) is 12.9. The average molecular weight is 251 g/mol. The van der Waals surface area contributed by atoms with Crippen LogP contribution in [0.25, 0.3) is 0 Å². The minimum atomic E-state index is -0.187. The second kappa shape index (κ2) is 4.97. The summed E-state index contributed by atoms with van der Waals surface area (Å²) in [5, 5.41) is 6.01. The molecule has 0 radical (unpaired) electrons. The van der Waals surface area contributed by atoms with Gasteiger partial charge in [0.2, 0.25) is 0 Å². The van der Waals surface area contributed by atoms with Crippen molar-refractivity contribution in [3.05, 3.63) is 11.9 Å². The molecule has 0 aliphatic carbocycles. The summed E-state index contributed by atoms with van der Waals surface area (Å²) in [6, 6.07) is 0.708. The topological polar surface area (TPSA) is 76.2 Å². The Morgan fingerprint density at radius 3 is 2.56 bits per heavy atom. The molecule has 1 aliphatic heterocycles. The zero-order valence-corrected chi connectivity index (χ0v) is 11.2. The first-order valence-corrected chi connectivity index (χ1v) is 6.37. The van der Waals surface area contributed by atoms with Crippen LogP contribution in [-0.2, 0) is 7.05 Å². The van der Waals surface area contributed by atoms with Crippen LogP contribution in [0.4, 0.5) is 5.69 Å². The van der Waals surface area contributed by atoms with Gasteiger partial charge in [0.1, 0.15) is 5.69 Å². The van der Waals surface area contributed by atoms with Crippen molar-refractivity contribution in [3.63, 3.8) is 0 Å². The molecule has 0 aromatic carbocycles. The number of hydrazine groups is 1. The van der Waals surface area contributed by atoms with Gasteiger partial charge in [0.05, 0.1) is 11.9 Å². The lowest BCUT2D eigenvalue weighted by Gasteiger charge is -2.38. The maximum atomic E-state index is 12.2. The van der Waals surface area contributed by atoms with Crippen LogP contribution >= 0.6 is 0 Å². The number of nitrogens with two attached hydrogens (primary N) is 1. The summed E-state index contributed by atoms with van der Waals surface area (Å²) >= 11 is 0. The average Bonchev–Trinajstić information content (AvgIpc) is 2.64.